The van der Waals surface area contributed by atoms with Gasteiger partial charge in [-0.05, 0) is 18.6 Å². The summed E-state index contributed by atoms with van der Waals surface area (Å²) in [5.74, 6) is 0.737. The van der Waals surface area contributed by atoms with E-state index < -0.39 is 0 Å². The average Bonchev–Trinajstić information content (AvgIpc) is 2.42. The maximum atomic E-state index is 9.14. The van der Waals surface area contributed by atoms with Gasteiger partial charge < -0.3 is 10.1 Å². The Morgan fingerprint density at radius 2 is 2.22 bits per heavy atom. The maximum Gasteiger partial charge on any atom is 0.127 e. The Bertz CT molecular complexity index is 575. The zero-order valence-electron chi connectivity index (χ0n) is 10.3. The number of anilines is 1. The van der Waals surface area contributed by atoms with Crippen LogP contribution in [0.2, 0.25) is 0 Å². The molecule has 18 heavy (non-hydrogen) atoms. The van der Waals surface area contributed by atoms with Gasteiger partial charge in [0.2, 0.25) is 0 Å². The molecule has 0 atom stereocenters. The number of fused-ring (bicyclic) bond motifs is 1. The van der Waals surface area contributed by atoms with Crippen LogP contribution in [0.4, 0.5) is 5.82 Å². The normalized spacial score (nSPS) is 10.2. The van der Waals surface area contributed by atoms with E-state index in [1.807, 2.05) is 24.3 Å². The van der Waals surface area contributed by atoms with Gasteiger partial charge in [-0.25, -0.2) is 4.98 Å². The van der Waals surface area contributed by atoms with Crippen LogP contribution in [0.25, 0.3) is 10.9 Å². The number of benzene rings is 1. The highest BCUT2D eigenvalue weighted by atomic mass is 16.5. The molecule has 4 nitrogen and oxygen atoms in total. The van der Waals surface area contributed by atoms with Crippen LogP contribution < -0.4 is 5.32 Å². The van der Waals surface area contributed by atoms with Crippen molar-refractivity contribution in [2.24, 2.45) is 0 Å². The Hall–Kier alpha value is -2.12. The number of hydrogen-bond acceptors (Lipinski definition) is 4. The van der Waals surface area contributed by atoms with Crippen molar-refractivity contribution >= 4 is 16.7 Å². The molecule has 0 fully saturated rings. The lowest BCUT2D eigenvalue weighted by atomic mass is 10.1. The number of nitrogens with one attached hydrogen (secondary N) is 1. The van der Waals surface area contributed by atoms with Crippen molar-refractivity contribution in [2.75, 3.05) is 25.6 Å². The molecule has 1 aromatic heterocycles. The third-order valence-electron chi connectivity index (χ3n) is 2.67. The molecule has 0 unspecified atom stereocenters. The first-order valence-corrected chi connectivity index (χ1v) is 5.88. The van der Waals surface area contributed by atoms with E-state index in [-0.39, 0.29) is 0 Å². The second kappa shape index (κ2) is 5.99. The highest BCUT2D eigenvalue weighted by Crippen LogP contribution is 2.19. The molecule has 2 rings (SSSR count). The molecule has 0 saturated heterocycles. The van der Waals surface area contributed by atoms with E-state index >= 15 is 0 Å². The van der Waals surface area contributed by atoms with Gasteiger partial charge >= 0.3 is 0 Å². The lowest BCUT2D eigenvalue weighted by Gasteiger charge is -2.07. The first-order chi connectivity index (χ1) is 8.85. The third-order valence-corrected chi connectivity index (χ3v) is 2.67. The quantitative estimate of drug-likeness (QED) is 0.817. The van der Waals surface area contributed by atoms with Gasteiger partial charge in [0.05, 0.1) is 17.1 Å². The van der Waals surface area contributed by atoms with E-state index in [0.717, 1.165) is 29.7 Å². The number of rotatable bonds is 5. The predicted octanol–water partition coefficient (Wildman–Crippen LogP) is 2.55. The summed E-state index contributed by atoms with van der Waals surface area (Å²) in [5.41, 5.74) is 1.49. The summed E-state index contributed by atoms with van der Waals surface area (Å²) in [6.45, 7) is 1.50. The maximum absolute atomic E-state index is 9.14. The number of para-hydroxylation sites is 1. The van der Waals surface area contributed by atoms with E-state index in [1.54, 1.807) is 13.2 Å². The topological polar surface area (TPSA) is 57.9 Å². The molecule has 0 bridgehead atoms. The molecular weight excluding hydrogens is 226 g/mol. The zero-order chi connectivity index (χ0) is 12.8. The van der Waals surface area contributed by atoms with Crippen LogP contribution in [0, 0.1) is 11.3 Å². The van der Waals surface area contributed by atoms with Crippen molar-refractivity contribution in [3.8, 4) is 6.07 Å². The smallest absolute Gasteiger partial charge is 0.127 e. The minimum absolute atomic E-state index is 0.648. The number of aromatic nitrogens is 1. The van der Waals surface area contributed by atoms with Crippen molar-refractivity contribution in [1.82, 2.24) is 4.98 Å². The summed E-state index contributed by atoms with van der Waals surface area (Å²) >= 11 is 0. The van der Waals surface area contributed by atoms with Crippen LogP contribution >= 0.6 is 0 Å². The van der Waals surface area contributed by atoms with Crippen molar-refractivity contribution in [2.45, 2.75) is 6.42 Å². The van der Waals surface area contributed by atoms with Gasteiger partial charge in [0, 0.05) is 25.6 Å². The number of nitriles is 1. The number of methoxy groups -OCH3 is 1. The van der Waals surface area contributed by atoms with Crippen LogP contribution in [-0.4, -0.2) is 25.2 Å². The second-order valence-electron chi connectivity index (χ2n) is 3.96. The molecule has 0 radical (unpaired) electrons. The van der Waals surface area contributed by atoms with Crippen molar-refractivity contribution in [3.63, 3.8) is 0 Å². The SMILES string of the molecule is COCCCNc1cc(C#N)c2ccccc2n1. The van der Waals surface area contributed by atoms with Crippen molar-refractivity contribution in [3.05, 3.63) is 35.9 Å². The van der Waals surface area contributed by atoms with Crippen molar-refractivity contribution < 1.29 is 4.74 Å². The molecule has 0 aliphatic heterocycles. The lowest BCUT2D eigenvalue weighted by molar-refractivity contribution is 0.198. The fourth-order valence-electron chi connectivity index (χ4n) is 1.79. The molecule has 1 N–H and O–H groups in total. The number of ether oxygens (including phenoxy) is 1. The first kappa shape index (κ1) is 12.3. The average molecular weight is 241 g/mol. The van der Waals surface area contributed by atoms with E-state index in [4.69, 9.17) is 10.00 Å². The van der Waals surface area contributed by atoms with E-state index in [2.05, 4.69) is 16.4 Å². The largest absolute Gasteiger partial charge is 0.385 e. The van der Waals surface area contributed by atoms with Gasteiger partial charge in [-0.1, -0.05) is 18.2 Å². The van der Waals surface area contributed by atoms with Gasteiger partial charge in [-0.2, -0.15) is 5.26 Å². The molecule has 92 valence electrons. The summed E-state index contributed by atoms with van der Waals surface area (Å²) in [6, 6.07) is 11.7. The molecule has 0 aliphatic carbocycles. The fourth-order valence-corrected chi connectivity index (χ4v) is 1.79. The standard InChI is InChI=1S/C14H15N3O/c1-18-8-4-7-16-14-9-11(10-15)12-5-2-3-6-13(12)17-14/h2-3,5-6,9H,4,7-8H2,1H3,(H,16,17). The molecule has 0 amide bonds. The highest BCUT2D eigenvalue weighted by molar-refractivity contribution is 5.86. The lowest BCUT2D eigenvalue weighted by Crippen LogP contribution is -2.06. The van der Waals surface area contributed by atoms with Crippen LogP contribution in [0.15, 0.2) is 30.3 Å². The molecule has 0 spiro atoms. The van der Waals surface area contributed by atoms with E-state index in [9.17, 15) is 0 Å². The second-order valence-corrected chi connectivity index (χ2v) is 3.96. The molecule has 0 aliphatic rings. The Morgan fingerprint density at radius 1 is 1.39 bits per heavy atom. The summed E-state index contributed by atoms with van der Waals surface area (Å²) < 4.78 is 4.98. The molecule has 4 heteroatoms. The Labute approximate surface area is 106 Å². The van der Waals surface area contributed by atoms with Crippen LogP contribution in [0.5, 0.6) is 0 Å². The molecule has 1 aromatic carbocycles. The van der Waals surface area contributed by atoms with Crippen LogP contribution in [0.1, 0.15) is 12.0 Å². The molecule has 0 saturated carbocycles. The Kier molecular flexibility index (Phi) is 4.11. The van der Waals surface area contributed by atoms with E-state index in [0.29, 0.717) is 12.2 Å². The Morgan fingerprint density at radius 3 is 3.00 bits per heavy atom. The van der Waals surface area contributed by atoms with Crippen LogP contribution in [-0.2, 0) is 4.74 Å². The van der Waals surface area contributed by atoms with Gasteiger partial charge in [-0.15, -0.1) is 0 Å². The van der Waals surface area contributed by atoms with E-state index in [1.165, 1.54) is 0 Å². The third kappa shape index (κ3) is 2.76. The number of nitrogens with zero attached hydrogens (tertiary/aromatic N) is 2. The first-order valence-electron chi connectivity index (χ1n) is 5.88. The van der Waals surface area contributed by atoms with Gasteiger partial charge in [0.15, 0.2) is 0 Å². The van der Waals surface area contributed by atoms with Gasteiger partial charge in [-0.3, -0.25) is 0 Å². The predicted molar refractivity (Wildman–Crippen MR) is 71.4 cm³/mol. The van der Waals surface area contributed by atoms with Gasteiger partial charge in [0.25, 0.3) is 0 Å². The van der Waals surface area contributed by atoms with Crippen molar-refractivity contribution in [1.29, 1.82) is 5.26 Å². The summed E-state index contributed by atoms with van der Waals surface area (Å²) in [5, 5.41) is 13.2. The minimum Gasteiger partial charge on any atom is -0.385 e. The summed E-state index contributed by atoms with van der Waals surface area (Å²) in [4.78, 5) is 4.48. The number of hydrogen-bond donors (Lipinski definition) is 1. The zero-order valence-corrected chi connectivity index (χ0v) is 10.3. The minimum atomic E-state index is 0.648. The molecular formula is C14H15N3O. The highest BCUT2D eigenvalue weighted by Gasteiger charge is 2.04. The van der Waals surface area contributed by atoms with Gasteiger partial charge in [0.1, 0.15) is 5.82 Å². The number of pyridine rings is 1. The van der Waals surface area contributed by atoms with Crippen LogP contribution in [0.3, 0.4) is 0 Å². The fraction of sp³-hybridized carbons (Fsp3) is 0.286. The summed E-state index contributed by atoms with van der Waals surface area (Å²) in [7, 11) is 1.68. The monoisotopic (exact) mass is 241 g/mol. The molecule has 1 heterocycles. The summed E-state index contributed by atoms with van der Waals surface area (Å²) in [6.07, 6.45) is 0.910. The molecule has 2 aromatic rings. The Balaban J connectivity index is 2.22.